The Labute approximate surface area is 171 Å². The second-order valence-corrected chi connectivity index (χ2v) is 7.86. The van der Waals surface area contributed by atoms with Crippen molar-refractivity contribution >= 4 is 0 Å². The first-order chi connectivity index (χ1) is 13.7. The van der Waals surface area contributed by atoms with Gasteiger partial charge in [-0.1, -0.05) is 52.0 Å². The fraction of sp³-hybridized carbons (Fsp3) is 0.739. The summed E-state index contributed by atoms with van der Waals surface area (Å²) < 4.78 is 11.4. The van der Waals surface area contributed by atoms with Crippen LogP contribution in [0.5, 0.6) is 11.5 Å². The van der Waals surface area contributed by atoms with Crippen LogP contribution in [-0.4, -0.2) is 55.5 Å². The number of aliphatic hydroxyl groups is 1. The van der Waals surface area contributed by atoms with Crippen molar-refractivity contribution in [3.8, 4) is 11.5 Å². The van der Waals surface area contributed by atoms with Crippen molar-refractivity contribution < 1.29 is 14.6 Å². The summed E-state index contributed by atoms with van der Waals surface area (Å²) in [5.41, 5.74) is 1.20. The molecule has 1 saturated carbocycles. The molecular formula is C23H40N2O3. The van der Waals surface area contributed by atoms with Gasteiger partial charge in [-0.25, -0.2) is 0 Å². The van der Waals surface area contributed by atoms with Gasteiger partial charge in [0.1, 0.15) is 12.7 Å². The van der Waals surface area contributed by atoms with Gasteiger partial charge in [-0.05, 0) is 43.6 Å². The van der Waals surface area contributed by atoms with Crippen LogP contribution in [0.15, 0.2) is 18.2 Å². The molecule has 0 radical (unpaired) electrons. The highest BCUT2D eigenvalue weighted by atomic mass is 16.5. The molecule has 0 saturated heterocycles. The fourth-order valence-corrected chi connectivity index (χ4v) is 3.88. The largest absolute Gasteiger partial charge is 0.493 e. The Morgan fingerprint density at radius 2 is 1.75 bits per heavy atom. The molecule has 1 unspecified atom stereocenters. The summed E-state index contributed by atoms with van der Waals surface area (Å²) in [4.78, 5) is 2.19. The minimum atomic E-state index is -0.509. The molecule has 1 aromatic carbocycles. The quantitative estimate of drug-likeness (QED) is 0.597. The van der Waals surface area contributed by atoms with Gasteiger partial charge in [0.05, 0.1) is 7.11 Å². The van der Waals surface area contributed by atoms with Crippen molar-refractivity contribution in [3.05, 3.63) is 23.8 Å². The number of likely N-dealkylation sites (N-methyl/N-ethyl adjacent to an activating group) is 1. The Morgan fingerprint density at radius 1 is 1.07 bits per heavy atom. The lowest BCUT2D eigenvalue weighted by Crippen LogP contribution is -2.35. The van der Waals surface area contributed by atoms with E-state index in [-0.39, 0.29) is 6.61 Å². The number of aliphatic hydroxyl groups excluding tert-OH is 1. The molecule has 0 aliphatic heterocycles. The predicted octanol–water partition coefficient (Wildman–Crippen LogP) is 3.98. The molecule has 5 heteroatoms. The van der Waals surface area contributed by atoms with Crippen LogP contribution < -0.4 is 14.8 Å². The standard InChI is InChI=1S/C23H40N2O3/c1-4-25(5-2)17-21(26)18-28-22-14-13-19(15-23(22)27-3)16-24-20-11-9-7-6-8-10-12-20/h13-15,20-21,24,26H,4-12,16-18H2,1-3H3. The zero-order valence-corrected chi connectivity index (χ0v) is 18.1. The second-order valence-electron chi connectivity index (χ2n) is 7.86. The zero-order chi connectivity index (χ0) is 20.2. The van der Waals surface area contributed by atoms with Gasteiger partial charge in [0.2, 0.25) is 0 Å². The molecule has 0 amide bonds. The van der Waals surface area contributed by atoms with Gasteiger partial charge in [0, 0.05) is 19.1 Å². The molecule has 0 spiro atoms. The van der Waals surface area contributed by atoms with Crippen molar-refractivity contribution in [2.45, 2.75) is 77.5 Å². The summed E-state index contributed by atoms with van der Waals surface area (Å²) in [5, 5.41) is 13.9. The van der Waals surface area contributed by atoms with E-state index in [1.807, 2.05) is 12.1 Å². The molecule has 1 aliphatic carbocycles. The molecule has 5 nitrogen and oxygen atoms in total. The van der Waals surface area contributed by atoms with E-state index in [1.165, 1.54) is 50.5 Å². The number of benzene rings is 1. The Bertz CT molecular complexity index is 541. The molecule has 2 rings (SSSR count). The van der Waals surface area contributed by atoms with Gasteiger partial charge in [0.25, 0.3) is 0 Å². The van der Waals surface area contributed by atoms with Crippen molar-refractivity contribution in [1.29, 1.82) is 0 Å². The van der Waals surface area contributed by atoms with Crippen LogP contribution in [-0.2, 0) is 6.54 Å². The highest BCUT2D eigenvalue weighted by Crippen LogP contribution is 2.28. The number of hydrogen-bond acceptors (Lipinski definition) is 5. The number of hydrogen-bond donors (Lipinski definition) is 2. The smallest absolute Gasteiger partial charge is 0.161 e. The summed E-state index contributed by atoms with van der Waals surface area (Å²) in [6.45, 7) is 7.81. The predicted molar refractivity (Wildman–Crippen MR) is 115 cm³/mol. The maximum absolute atomic E-state index is 10.2. The Kier molecular flexibility index (Phi) is 10.7. The molecule has 28 heavy (non-hydrogen) atoms. The van der Waals surface area contributed by atoms with Gasteiger partial charge in [-0.3, -0.25) is 0 Å². The Hall–Kier alpha value is -1.30. The van der Waals surface area contributed by atoms with E-state index in [4.69, 9.17) is 9.47 Å². The average Bonchev–Trinajstić information content (AvgIpc) is 2.69. The van der Waals surface area contributed by atoms with Crippen LogP contribution in [0.3, 0.4) is 0 Å². The molecular weight excluding hydrogens is 352 g/mol. The second kappa shape index (κ2) is 13.0. The average molecular weight is 393 g/mol. The monoisotopic (exact) mass is 392 g/mol. The Balaban J connectivity index is 1.84. The van der Waals surface area contributed by atoms with E-state index in [1.54, 1.807) is 7.11 Å². The molecule has 2 N–H and O–H groups in total. The van der Waals surface area contributed by atoms with Crippen LogP contribution in [0.25, 0.3) is 0 Å². The van der Waals surface area contributed by atoms with Crippen molar-refractivity contribution in [3.63, 3.8) is 0 Å². The summed E-state index contributed by atoms with van der Waals surface area (Å²) in [6, 6.07) is 6.71. The maximum atomic E-state index is 10.2. The summed E-state index contributed by atoms with van der Waals surface area (Å²) >= 11 is 0. The number of nitrogens with zero attached hydrogens (tertiary/aromatic N) is 1. The summed E-state index contributed by atoms with van der Waals surface area (Å²) in [6.07, 6.45) is 8.87. The first-order valence-corrected chi connectivity index (χ1v) is 11.1. The van der Waals surface area contributed by atoms with Gasteiger partial charge in [-0.2, -0.15) is 0 Å². The number of ether oxygens (including phenoxy) is 2. The highest BCUT2D eigenvalue weighted by molar-refractivity contribution is 5.43. The third-order valence-corrected chi connectivity index (χ3v) is 5.72. The number of nitrogens with one attached hydrogen (secondary N) is 1. The van der Waals surface area contributed by atoms with Gasteiger partial charge < -0.3 is 24.8 Å². The minimum absolute atomic E-state index is 0.270. The molecule has 1 aromatic rings. The molecule has 1 atom stereocenters. The lowest BCUT2D eigenvalue weighted by Gasteiger charge is -2.23. The molecule has 0 heterocycles. The van der Waals surface area contributed by atoms with Gasteiger partial charge in [-0.15, -0.1) is 0 Å². The SMILES string of the molecule is CCN(CC)CC(O)COc1ccc(CNC2CCCCCCC2)cc1OC. The van der Waals surface area contributed by atoms with Gasteiger partial charge in [0.15, 0.2) is 11.5 Å². The molecule has 0 aromatic heterocycles. The highest BCUT2D eigenvalue weighted by Gasteiger charge is 2.14. The number of methoxy groups -OCH3 is 1. The molecule has 160 valence electrons. The summed E-state index contributed by atoms with van der Waals surface area (Å²) in [5.74, 6) is 1.42. The van der Waals surface area contributed by atoms with Gasteiger partial charge >= 0.3 is 0 Å². The van der Waals surface area contributed by atoms with Crippen LogP contribution in [0.2, 0.25) is 0 Å². The minimum Gasteiger partial charge on any atom is -0.493 e. The first-order valence-electron chi connectivity index (χ1n) is 11.1. The fourth-order valence-electron chi connectivity index (χ4n) is 3.88. The lowest BCUT2D eigenvalue weighted by atomic mass is 9.96. The third kappa shape index (κ3) is 7.98. The van der Waals surface area contributed by atoms with Crippen molar-refractivity contribution in [1.82, 2.24) is 10.2 Å². The molecule has 0 bridgehead atoms. The van der Waals surface area contributed by atoms with Crippen LogP contribution in [0.1, 0.15) is 64.4 Å². The van der Waals surface area contributed by atoms with E-state index in [2.05, 4.69) is 30.1 Å². The van der Waals surface area contributed by atoms with Crippen molar-refractivity contribution in [2.24, 2.45) is 0 Å². The maximum Gasteiger partial charge on any atom is 0.161 e. The van der Waals surface area contributed by atoms with E-state index in [0.29, 0.717) is 18.3 Å². The topological polar surface area (TPSA) is 54.0 Å². The zero-order valence-electron chi connectivity index (χ0n) is 18.1. The first kappa shape index (κ1) is 23.0. The van der Waals surface area contributed by atoms with Crippen molar-refractivity contribution in [2.75, 3.05) is 33.4 Å². The third-order valence-electron chi connectivity index (χ3n) is 5.72. The van der Waals surface area contributed by atoms with E-state index in [0.717, 1.165) is 25.4 Å². The van der Waals surface area contributed by atoms with E-state index in [9.17, 15) is 5.11 Å². The molecule has 1 fully saturated rings. The number of rotatable bonds is 11. The summed E-state index contributed by atoms with van der Waals surface area (Å²) in [7, 11) is 1.67. The Morgan fingerprint density at radius 3 is 2.39 bits per heavy atom. The van der Waals surface area contributed by atoms with E-state index >= 15 is 0 Å². The van der Waals surface area contributed by atoms with E-state index < -0.39 is 6.10 Å². The normalized spacial score (nSPS) is 17.2. The molecule has 1 aliphatic rings. The van der Waals surface area contributed by atoms with Crippen LogP contribution in [0, 0.1) is 0 Å². The van der Waals surface area contributed by atoms with Crippen LogP contribution >= 0.6 is 0 Å². The van der Waals surface area contributed by atoms with Crippen LogP contribution in [0.4, 0.5) is 0 Å². The lowest BCUT2D eigenvalue weighted by molar-refractivity contribution is 0.0705.